The molecule has 3 atom stereocenters. The predicted octanol–water partition coefficient (Wildman–Crippen LogP) is 4.46. The Kier molecular flexibility index (Phi) is 3.96. The van der Waals surface area contributed by atoms with Crippen molar-refractivity contribution in [3.8, 4) is 0 Å². The molecule has 2 nitrogen and oxygen atoms in total. The van der Waals surface area contributed by atoms with Crippen LogP contribution in [-0.2, 0) is 5.41 Å². The molecular formula is C18H26N2S. The second-order valence-corrected chi connectivity index (χ2v) is 8.08. The number of benzene rings is 1. The highest BCUT2D eigenvalue weighted by Gasteiger charge is 2.39. The molecule has 1 aromatic carbocycles. The largest absolute Gasteiger partial charge is 0.359 e. The maximum absolute atomic E-state index is 5.55. The Balaban J connectivity index is 1.65. The van der Waals surface area contributed by atoms with Crippen LogP contribution in [0.3, 0.4) is 0 Å². The number of anilines is 1. The quantitative estimate of drug-likeness (QED) is 0.789. The molecule has 2 aliphatic carbocycles. The second kappa shape index (κ2) is 5.60. The number of hydrogen-bond donors (Lipinski definition) is 2. The lowest BCUT2D eigenvalue weighted by Gasteiger charge is -2.27. The van der Waals surface area contributed by atoms with Gasteiger partial charge in [0.15, 0.2) is 5.11 Å². The average Bonchev–Trinajstić information content (AvgIpc) is 3.00. The van der Waals surface area contributed by atoms with E-state index < -0.39 is 0 Å². The third-order valence-electron chi connectivity index (χ3n) is 5.04. The van der Waals surface area contributed by atoms with E-state index in [1.807, 2.05) is 0 Å². The van der Waals surface area contributed by atoms with Crippen molar-refractivity contribution in [1.29, 1.82) is 0 Å². The summed E-state index contributed by atoms with van der Waals surface area (Å²) in [5.74, 6) is 1.78. The molecule has 0 amide bonds. The summed E-state index contributed by atoms with van der Waals surface area (Å²) < 4.78 is 0. The maximum Gasteiger partial charge on any atom is 0.171 e. The number of thiocarbonyl (C=S) groups is 1. The van der Waals surface area contributed by atoms with Gasteiger partial charge < -0.3 is 10.6 Å². The molecule has 2 fully saturated rings. The molecule has 0 aromatic heterocycles. The summed E-state index contributed by atoms with van der Waals surface area (Å²) >= 11 is 5.55. The van der Waals surface area contributed by atoms with Crippen molar-refractivity contribution in [3.63, 3.8) is 0 Å². The lowest BCUT2D eigenvalue weighted by atomic mass is 9.86. The van der Waals surface area contributed by atoms with Gasteiger partial charge in [-0.2, -0.15) is 0 Å². The first kappa shape index (κ1) is 14.8. The van der Waals surface area contributed by atoms with Crippen molar-refractivity contribution in [2.45, 2.75) is 57.9 Å². The van der Waals surface area contributed by atoms with Crippen LogP contribution in [0.4, 0.5) is 5.69 Å². The minimum atomic E-state index is 0.117. The fourth-order valence-electron chi connectivity index (χ4n) is 3.99. The van der Waals surface area contributed by atoms with Crippen LogP contribution in [0.1, 0.15) is 52.0 Å². The smallest absolute Gasteiger partial charge is 0.171 e. The van der Waals surface area contributed by atoms with Gasteiger partial charge >= 0.3 is 0 Å². The van der Waals surface area contributed by atoms with E-state index in [-0.39, 0.29) is 5.41 Å². The highest BCUT2D eigenvalue weighted by molar-refractivity contribution is 7.80. The first-order valence-corrected chi connectivity index (χ1v) is 8.51. The second-order valence-electron chi connectivity index (χ2n) is 7.68. The van der Waals surface area contributed by atoms with Gasteiger partial charge in [-0.1, -0.05) is 45.4 Å². The Morgan fingerprint density at radius 2 is 1.90 bits per heavy atom. The highest BCUT2D eigenvalue weighted by Crippen LogP contribution is 2.44. The first-order valence-electron chi connectivity index (χ1n) is 8.10. The fourth-order valence-corrected chi connectivity index (χ4v) is 4.26. The first-order chi connectivity index (χ1) is 9.93. The summed E-state index contributed by atoms with van der Waals surface area (Å²) in [7, 11) is 0. The summed E-state index contributed by atoms with van der Waals surface area (Å²) in [5.41, 5.74) is 2.55. The van der Waals surface area contributed by atoms with Crippen molar-refractivity contribution in [3.05, 3.63) is 29.8 Å². The fraction of sp³-hybridized carbons (Fsp3) is 0.611. The molecule has 1 aromatic rings. The topological polar surface area (TPSA) is 24.1 Å². The van der Waals surface area contributed by atoms with Gasteiger partial charge in [0.1, 0.15) is 0 Å². The Hall–Kier alpha value is -1.09. The van der Waals surface area contributed by atoms with Gasteiger partial charge in [0, 0.05) is 11.7 Å². The van der Waals surface area contributed by atoms with Gasteiger partial charge in [0.25, 0.3) is 0 Å². The normalized spacial score (nSPS) is 27.7. The zero-order chi connectivity index (χ0) is 15.0. The average molecular weight is 302 g/mol. The molecular weight excluding hydrogens is 276 g/mol. The molecule has 0 saturated heterocycles. The third kappa shape index (κ3) is 3.23. The summed E-state index contributed by atoms with van der Waals surface area (Å²) in [4.78, 5) is 0. The van der Waals surface area contributed by atoms with Gasteiger partial charge in [0.05, 0.1) is 0 Å². The van der Waals surface area contributed by atoms with Crippen molar-refractivity contribution >= 4 is 23.0 Å². The highest BCUT2D eigenvalue weighted by atomic mass is 32.1. The molecule has 2 aliphatic rings. The molecule has 0 radical (unpaired) electrons. The van der Waals surface area contributed by atoms with Crippen LogP contribution in [0.5, 0.6) is 0 Å². The Bertz CT molecular complexity index is 532. The third-order valence-corrected chi connectivity index (χ3v) is 5.26. The van der Waals surface area contributed by atoms with Crippen LogP contribution in [0.15, 0.2) is 24.3 Å². The number of nitrogens with one attached hydrogen (secondary N) is 2. The van der Waals surface area contributed by atoms with Crippen LogP contribution in [0, 0.1) is 11.8 Å². The SMILES string of the molecule is CC(C)(C)c1ccccc1NC(=S)NC1CC2CCC1C2. The van der Waals surface area contributed by atoms with E-state index in [0.717, 1.165) is 22.6 Å². The summed E-state index contributed by atoms with van der Waals surface area (Å²) in [6.45, 7) is 6.71. The summed E-state index contributed by atoms with van der Waals surface area (Å²) in [6, 6.07) is 9.05. The van der Waals surface area contributed by atoms with Crippen LogP contribution in [0.25, 0.3) is 0 Å². The van der Waals surface area contributed by atoms with Crippen LogP contribution in [-0.4, -0.2) is 11.2 Å². The Morgan fingerprint density at radius 1 is 1.14 bits per heavy atom. The van der Waals surface area contributed by atoms with E-state index in [1.165, 1.54) is 31.2 Å². The van der Waals surface area contributed by atoms with Crippen LogP contribution < -0.4 is 10.6 Å². The molecule has 0 aliphatic heterocycles. The summed E-state index contributed by atoms with van der Waals surface area (Å²) in [6.07, 6.45) is 5.51. The van der Waals surface area contributed by atoms with Gasteiger partial charge in [-0.15, -0.1) is 0 Å². The number of rotatable bonds is 2. The molecule has 3 unspecified atom stereocenters. The van der Waals surface area contributed by atoms with Crippen molar-refractivity contribution < 1.29 is 0 Å². The number of fused-ring (bicyclic) bond motifs is 2. The minimum Gasteiger partial charge on any atom is -0.359 e. The summed E-state index contributed by atoms with van der Waals surface area (Å²) in [5, 5.41) is 7.76. The maximum atomic E-state index is 5.55. The molecule has 21 heavy (non-hydrogen) atoms. The molecule has 3 rings (SSSR count). The zero-order valence-corrected chi connectivity index (χ0v) is 14.1. The molecule has 0 spiro atoms. The molecule has 2 saturated carbocycles. The Morgan fingerprint density at radius 3 is 2.52 bits per heavy atom. The monoisotopic (exact) mass is 302 g/mol. The van der Waals surface area contributed by atoms with E-state index >= 15 is 0 Å². The number of hydrogen-bond acceptors (Lipinski definition) is 1. The van der Waals surface area contributed by atoms with Gasteiger partial charge in [0.2, 0.25) is 0 Å². The minimum absolute atomic E-state index is 0.117. The van der Waals surface area contributed by atoms with Crippen molar-refractivity contribution in [1.82, 2.24) is 5.32 Å². The standard InChI is InChI=1S/C18H26N2S/c1-18(2,3)14-6-4-5-7-15(14)19-17(21)20-16-11-12-8-9-13(16)10-12/h4-7,12-13,16H,8-11H2,1-3H3,(H2,19,20,21). The molecule has 114 valence electrons. The van der Waals surface area contributed by atoms with E-state index in [4.69, 9.17) is 12.2 Å². The molecule has 3 heteroatoms. The van der Waals surface area contributed by atoms with Crippen molar-refractivity contribution in [2.24, 2.45) is 11.8 Å². The Labute approximate surface area is 133 Å². The lowest BCUT2D eigenvalue weighted by Crippen LogP contribution is -2.41. The molecule has 2 bridgehead atoms. The molecule has 2 N–H and O–H groups in total. The lowest BCUT2D eigenvalue weighted by molar-refractivity contribution is 0.392. The molecule has 0 heterocycles. The van der Waals surface area contributed by atoms with Crippen LogP contribution >= 0.6 is 12.2 Å². The van der Waals surface area contributed by atoms with E-state index in [9.17, 15) is 0 Å². The van der Waals surface area contributed by atoms with E-state index in [1.54, 1.807) is 0 Å². The van der Waals surface area contributed by atoms with Gasteiger partial charge in [-0.3, -0.25) is 0 Å². The van der Waals surface area contributed by atoms with E-state index in [0.29, 0.717) is 6.04 Å². The van der Waals surface area contributed by atoms with Crippen molar-refractivity contribution in [2.75, 3.05) is 5.32 Å². The zero-order valence-electron chi connectivity index (χ0n) is 13.3. The van der Waals surface area contributed by atoms with Gasteiger partial charge in [-0.05, 0) is 60.4 Å². The van der Waals surface area contributed by atoms with Gasteiger partial charge in [-0.25, -0.2) is 0 Å². The van der Waals surface area contributed by atoms with Crippen LogP contribution in [0.2, 0.25) is 0 Å². The predicted molar refractivity (Wildman–Crippen MR) is 93.7 cm³/mol. The number of para-hydroxylation sites is 1. The van der Waals surface area contributed by atoms with E-state index in [2.05, 4.69) is 55.7 Å².